The highest BCUT2D eigenvalue weighted by Crippen LogP contribution is 2.67. The first-order chi connectivity index (χ1) is 12.9. The van der Waals surface area contributed by atoms with Crippen LogP contribution in [0, 0.1) is 17.0 Å². The molecule has 6 rings (SSSR count). The number of benzene rings is 1. The van der Waals surface area contributed by atoms with Gasteiger partial charge in [-0.3, -0.25) is 0 Å². The topological polar surface area (TPSA) is 93.0 Å². The first-order valence-electron chi connectivity index (χ1n) is 10.4. The Hall–Kier alpha value is -1.34. The van der Waals surface area contributed by atoms with Crippen LogP contribution in [0.1, 0.15) is 43.2 Å². The summed E-state index contributed by atoms with van der Waals surface area (Å²) in [4.78, 5) is 0. The molecule has 3 fully saturated rings. The van der Waals surface area contributed by atoms with E-state index in [2.05, 4.69) is 0 Å². The molecule has 6 atom stereocenters. The summed E-state index contributed by atoms with van der Waals surface area (Å²) < 4.78 is 5.96. The third-order valence-corrected chi connectivity index (χ3v) is 8.41. The molecule has 0 radical (unpaired) electrons. The Balaban J connectivity index is 1.58. The van der Waals surface area contributed by atoms with Crippen molar-refractivity contribution in [1.82, 2.24) is 0 Å². The van der Waals surface area contributed by atoms with E-state index in [1.54, 1.807) is 6.07 Å². The van der Waals surface area contributed by atoms with Gasteiger partial charge < -0.3 is 29.9 Å². The molecule has 0 aromatic heterocycles. The van der Waals surface area contributed by atoms with E-state index in [-0.39, 0.29) is 35.1 Å². The number of piperidine rings is 1. The van der Waals surface area contributed by atoms with Crippen LogP contribution in [0.2, 0.25) is 0 Å². The van der Waals surface area contributed by atoms with Crippen molar-refractivity contribution < 1.29 is 24.7 Å². The van der Waals surface area contributed by atoms with Gasteiger partial charge in [-0.05, 0) is 37.3 Å². The number of quaternary nitrogens is 1. The van der Waals surface area contributed by atoms with Crippen LogP contribution < -0.4 is 4.74 Å². The molecule has 6 heteroatoms. The second kappa shape index (κ2) is 4.98. The summed E-state index contributed by atoms with van der Waals surface area (Å²) in [6.07, 6.45) is 4.14. The average molecular weight is 373 g/mol. The van der Waals surface area contributed by atoms with E-state index >= 15 is 0 Å². The zero-order valence-electron chi connectivity index (χ0n) is 15.4. The van der Waals surface area contributed by atoms with E-state index in [1.165, 1.54) is 0 Å². The summed E-state index contributed by atoms with van der Waals surface area (Å²) in [5, 5.41) is 46.5. The lowest BCUT2D eigenvalue weighted by Gasteiger charge is -2.68. The molecule has 3 N–H and O–H groups in total. The highest BCUT2D eigenvalue weighted by Gasteiger charge is 2.75. The van der Waals surface area contributed by atoms with Crippen LogP contribution >= 0.6 is 0 Å². The Kier molecular flexibility index (Phi) is 3.06. The fraction of sp³-hybridized carbons (Fsp3) is 0.714. The van der Waals surface area contributed by atoms with E-state index in [9.17, 15) is 20.5 Å². The van der Waals surface area contributed by atoms with Crippen molar-refractivity contribution in [1.29, 1.82) is 0 Å². The number of nitrogens with zero attached hydrogens (tertiary/aromatic N) is 1. The van der Waals surface area contributed by atoms with Crippen LogP contribution in [0.3, 0.4) is 0 Å². The van der Waals surface area contributed by atoms with E-state index in [1.807, 2.05) is 6.07 Å². The van der Waals surface area contributed by atoms with Gasteiger partial charge in [0.05, 0.1) is 18.5 Å². The van der Waals surface area contributed by atoms with Crippen LogP contribution in [0.5, 0.6) is 11.5 Å². The van der Waals surface area contributed by atoms with Crippen molar-refractivity contribution in [3.63, 3.8) is 0 Å². The van der Waals surface area contributed by atoms with Gasteiger partial charge in [-0.1, -0.05) is 6.07 Å². The third kappa shape index (κ3) is 1.81. The molecule has 1 aromatic rings. The molecule has 0 amide bonds. The molecule has 3 aliphatic carbocycles. The molecule has 2 aliphatic heterocycles. The summed E-state index contributed by atoms with van der Waals surface area (Å²) in [5.41, 5.74) is 0.139. The highest BCUT2D eigenvalue weighted by atomic mass is 16.6. The number of rotatable bonds is 3. The predicted molar refractivity (Wildman–Crippen MR) is 97.2 cm³/mol. The summed E-state index contributed by atoms with van der Waals surface area (Å²) in [5.74, 6) is 0.990. The number of hydrogen-bond donors (Lipinski definition) is 3. The number of aliphatic hydroxyl groups excluding tert-OH is 1. The first-order valence-corrected chi connectivity index (χ1v) is 10.4. The maximum Gasteiger partial charge on any atom is 0.165 e. The molecule has 1 unspecified atom stereocenters. The van der Waals surface area contributed by atoms with Gasteiger partial charge in [0, 0.05) is 36.8 Å². The normalized spacial score (nSPS) is 46.7. The molecule has 2 bridgehead atoms. The fourth-order valence-corrected chi connectivity index (χ4v) is 7.05. The molecular weight excluding hydrogens is 346 g/mol. The lowest BCUT2D eigenvalue weighted by atomic mass is 9.47. The van der Waals surface area contributed by atoms with Crippen LogP contribution in [-0.4, -0.2) is 57.4 Å². The molecule has 1 spiro atoms. The lowest BCUT2D eigenvalue weighted by Crippen LogP contribution is -2.80. The van der Waals surface area contributed by atoms with Gasteiger partial charge in [-0.15, -0.1) is 0 Å². The maximum atomic E-state index is 14.0. The minimum Gasteiger partial charge on any atom is -0.632 e. The molecule has 2 saturated carbocycles. The van der Waals surface area contributed by atoms with Gasteiger partial charge in [0.2, 0.25) is 0 Å². The molecule has 1 aromatic carbocycles. The van der Waals surface area contributed by atoms with Crippen LogP contribution in [0.15, 0.2) is 12.1 Å². The van der Waals surface area contributed by atoms with E-state index < -0.39 is 11.0 Å². The number of phenolic OH excluding ortho intramolecular Hbond substituents is 1. The van der Waals surface area contributed by atoms with Gasteiger partial charge in [-0.2, -0.15) is 0 Å². The van der Waals surface area contributed by atoms with Crippen molar-refractivity contribution in [2.75, 3.05) is 19.7 Å². The van der Waals surface area contributed by atoms with Crippen molar-refractivity contribution in [2.45, 2.75) is 61.7 Å². The van der Waals surface area contributed by atoms with Gasteiger partial charge in [0.15, 0.2) is 11.5 Å². The molecule has 5 aliphatic rings. The first kappa shape index (κ1) is 16.6. The predicted octanol–water partition coefficient (Wildman–Crippen LogP) is 1.58. The number of hydrogen-bond acceptors (Lipinski definition) is 5. The smallest absolute Gasteiger partial charge is 0.165 e. The number of likely N-dealkylation sites (tertiary alicyclic amines) is 1. The zero-order valence-corrected chi connectivity index (χ0v) is 15.4. The van der Waals surface area contributed by atoms with Gasteiger partial charge >= 0.3 is 0 Å². The Labute approximate surface area is 158 Å². The Morgan fingerprint density at radius 2 is 2.04 bits per heavy atom. The number of phenols is 1. The van der Waals surface area contributed by atoms with Gasteiger partial charge in [-0.25, -0.2) is 0 Å². The quantitative estimate of drug-likeness (QED) is 0.553. The second-order valence-corrected chi connectivity index (χ2v) is 9.64. The number of aliphatic hydroxyl groups is 2. The molecule has 27 heavy (non-hydrogen) atoms. The number of ether oxygens (including phenoxy) is 1. The Morgan fingerprint density at radius 1 is 1.22 bits per heavy atom. The van der Waals surface area contributed by atoms with E-state index in [4.69, 9.17) is 4.74 Å². The monoisotopic (exact) mass is 373 g/mol. The van der Waals surface area contributed by atoms with E-state index in [0.29, 0.717) is 50.4 Å². The molecule has 1 saturated heterocycles. The van der Waals surface area contributed by atoms with Crippen molar-refractivity contribution >= 4 is 0 Å². The SMILES string of the molecule is [O-][N+]1(CC2CC2)CC[C@]23c4c5ccc(O)c4O[C@H]2[C@@H](CO)CC[C@@]3(O)[C@H]1C5. The number of hydroxylamine groups is 3. The van der Waals surface area contributed by atoms with Crippen molar-refractivity contribution in [2.24, 2.45) is 11.8 Å². The minimum absolute atomic E-state index is 0.00328. The molecule has 146 valence electrons. The largest absolute Gasteiger partial charge is 0.632 e. The summed E-state index contributed by atoms with van der Waals surface area (Å²) in [6.45, 7) is 1.09. The van der Waals surface area contributed by atoms with Crippen LogP contribution in [0.4, 0.5) is 0 Å². The van der Waals surface area contributed by atoms with Crippen LogP contribution in [0.25, 0.3) is 0 Å². The van der Waals surface area contributed by atoms with Gasteiger partial charge in [0.1, 0.15) is 17.7 Å². The second-order valence-electron chi connectivity index (χ2n) is 9.64. The van der Waals surface area contributed by atoms with Crippen LogP contribution in [-0.2, 0) is 11.8 Å². The Morgan fingerprint density at radius 3 is 2.78 bits per heavy atom. The highest BCUT2D eigenvalue weighted by molar-refractivity contribution is 5.62. The summed E-state index contributed by atoms with van der Waals surface area (Å²) >= 11 is 0. The summed E-state index contributed by atoms with van der Waals surface area (Å²) in [6, 6.07) is 3.17. The average Bonchev–Trinajstić information content (AvgIpc) is 3.37. The Bertz CT molecular complexity index is 825. The summed E-state index contributed by atoms with van der Waals surface area (Å²) in [7, 11) is 0. The molecular formula is C21H27NO5. The van der Waals surface area contributed by atoms with Gasteiger partial charge in [0.25, 0.3) is 0 Å². The van der Waals surface area contributed by atoms with E-state index in [0.717, 1.165) is 24.0 Å². The third-order valence-electron chi connectivity index (χ3n) is 8.41. The fourth-order valence-electron chi connectivity index (χ4n) is 7.05. The number of aromatic hydroxyl groups is 1. The van der Waals surface area contributed by atoms with Crippen molar-refractivity contribution in [3.8, 4) is 11.5 Å². The van der Waals surface area contributed by atoms with Crippen molar-refractivity contribution in [3.05, 3.63) is 28.5 Å². The zero-order chi connectivity index (χ0) is 18.6. The molecule has 6 nitrogen and oxygen atoms in total. The standard InChI is InChI=1S/C21H27NO5/c23-11-14-5-6-21(25)16-9-13-3-4-15(24)18-17(13)20(21,19(14)27-18)7-8-22(16,26)10-12-1-2-12/h3-4,12,14,16,19,23-25H,1-2,5-11H2/t14-,16-,19+,20+,21-,22?/m1/s1. The lowest BCUT2D eigenvalue weighted by molar-refractivity contribution is -0.924. The molecule has 2 heterocycles. The minimum atomic E-state index is -1.13. The maximum absolute atomic E-state index is 14.0.